The molecule has 0 amide bonds. The zero-order chi connectivity index (χ0) is 12.3. The Morgan fingerprint density at radius 1 is 1.29 bits per heavy atom. The Morgan fingerprint density at radius 2 is 2.12 bits per heavy atom. The van der Waals surface area contributed by atoms with Gasteiger partial charge in [-0.2, -0.15) is 0 Å². The monoisotopic (exact) mass is 239 g/mol. The lowest BCUT2D eigenvalue weighted by molar-refractivity contribution is 0.308. The second kappa shape index (κ2) is 5.58. The summed E-state index contributed by atoms with van der Waals surface area (Å²) in [6, 6.07) is 4.71. The third kappa shape index (κ3) is 3.50. The number of hydrogen-bond acceptors (Lipinski definition) is 1. The first-order chi connectivity index (χ1) is 8.15. The summed E-state index contributed by atoms with van der Waals surface area (Å²) in [6.07, 6.45) is 4.22. The predicted molar refractivity (Wildman–Crippen MR) is 64.9 cm³/mol. The smallest absolute Gasteiger partial charge is 0.159 e. The van der Waals surface area contributed by atoms with Gasteiger partial charge in [0.15, 0.2) is 11.6 Å². The Balaban J connectivity index is 1.86. The third-order valence-corrected chi connectivity index (χ3v) is 3.52. The van der Waals surface area contributed by atoms with Crippen LogP contribution in [0.25, 0.3) is 0 Å². The van der Waals surface area contributed by atoms with Crippen molar-refractivity contribution in [3.05, 3.63) is 35.4 Å². The lowest BCUT2D eigenvalue weighted by atomic mass is 9.91. The van der Waals surface area contributed by atoms with E-state index in [9.17, 15) is 8.78 Å². The molecular weight excluding hydrogens is 220 g/mol. The van der Waals surface area contributed by atoms with Gasteiger partial charge in [0, 0.05) is 6.04 Å². The summed E-state index contributed by atoms with van der Waals surface area (Å²) in [7, 11) is 0. The normalized spacial score (nSPS) is 24.9. The van der Waals surface area contributed by atoms with Crippen LogP contribution in [0.15, 0.2) is 18.2 Å². The molecule has 0 saturated carbocycles. The number of piperidine rings is 1. The lowest BCUT2D eigenvalue weighted by Crippen LogP contribution is -2.37. The van der Waals surface area contributed by atoms with Gasteiger partial charge in [-0.3, -0.25) is 0 Å². The molecule has 1 aliphatic rings. The molecule has 1 aromatic carbocycles. The van der Waals surface area contributed by atoms with Crippen LogP contribution in [0.5, 0.6) is 0 Å². The fourth-order valence-electron chi connectivity index (χ4n) is 2.48. The molecule has 0 radical (unpaired) electrons. The van der Waals surface area contributed by atoms with E-state index in [0.717, 1.165) is 30.9 Å². The van der Waals surface area contributed by atoms with Crippen molar-refractivity contribution in [1.29, 1.82) is 0 Å². The minimum Gasteiger partial charge on any atom is -0.314 e. The number of aryl methyl sites for hydroxylation is 1. The van der Waals surface area contributed by atoms with Crippen molar-refractivity contribution in [3.63, 3.8) is 0 Å². The van der Waals surface area contributed by atoms with Crippen molar-refractivity contribution in [2.24, 2.45) is 5.92 Å². The topological polar surface area (TPSA) is 12.0 Å². The molecule has 1 N–H and O–H groups in total. The summed E-state index contributed by atoms with van der Waals surface area (Å²) >= 11 is 0. The minimum atomic E-state index is -0.766. The molecule has 94 valence electrons. The van der Waals surface area contributed by atoms with Crippen molar-refractivity contribution in [1.82, 2.24) is 5.32 Å². The maximum absolute atomic E-state index is 13.0. The van der Waals surface area contributed by atoms with E-state index in [1.807, 2.05) is 0 Å². The standard InChI is InChI=1S/C14H19F2N/c1-10-6-7-17-12(8-10)4-2-11-3-5-13(15)14(16)9-11/h3,5,9-10,12,17H,2,4,6-8H2,1H3. The summed E-state index contributed by atoms with van der Waals surface area (Å²) < 4.78 is 25.8. The van der Waals surface area contributed by atoms with Gasteiger partial charge in [0.25, 0.3) is 0 Å². The van der Waals surface area contributed by atoms with Gasteiger partial charge < -0.3 is 5.32 Å². The van der Waals surface area contributed by atoms with Crippen LogP contribution >= 0.6 is 0 Å². The first-order valence-electron chi connectivity index (χ1n) is 6.32. The number of hydrogen-bond donors (Lipinski definition) is 1. The molecular formula is C14H19F2N. The lowest BCUT2D eigenvalue weighted by Gasteiger charge is -2.28. The van der Waals surface area contributed by atoms with Crippen LogP contribution in [0.4, 0.5) is 8.78 Å². The number of benzene rings is 1. The predicted octanol–water partition coefficient (Wildman–Crippen LogP) is 3.29. The summed E-state index contributed by atoms with van der Waals surface area (Å²) in [5, 5.41) is 3.48. The Labute approximate surface area is 101 Å². The molecule has 0 bridgehead atoms. The van der Waals surface area contributed by atoms with Crippen LogP contribution in [0.2, 0.25) is 0 Å². The van der Waals surface area contributed by atoms with E-state index in [2.05, 4.69) is 12.2 Å². The first-order valence-corrected chi connectivity index (χ1v) is 6.32. The zero-order valence-electron chi connectivity index (χ0n) is 10.2. The third-order valence-electron chi connectivity index (χ3n) is 3.52. The molecule has 0 spiro atoms. The van der Waals surface area contributed by atoms with Crippen molar-refractivity contribution in [3.8, 4) is 0 Å². The van der Waals surface area contributed by atoms with Crippen molar-refractivity contribution in [2.45, 2.75) is 38.6 Å². The maximum Gasteiger partial charge on any atom is 0.159 e. The van der Waals surface area contributed by atoms with Crippen LogP contribution in [0.3, 0.4) is 0 Å². The van der Waals surface area contributed by atoms with Gasteiger partial charge >= 0.3 is 0 Å². The molecule has 1 fully saturated rings. The Morgan fingerprint density at radius 3 is 2.82 bits per heavy atom. The number of halogens is 2. The van der Waals surface area contributed by atoms with Crippen LogP contribution in [-0.2, 0) is 6.42 Å². The van der Waals surface area contributed by atoms with Crippen molar-refractivity contribution < 1.29 is 8.78 Å². The molecule has 3 heteroatoms. The van der Waals surface area contributed by atoms with Gasteiger partial charge in [-0.25, -0.2) is 8.78 Å². The van der Waals surface area contributed by atoms with Crippen molar-refractivity contribution in [2.75, 3.05) is 6.54 Å². The number of rotatable bonds is 3. The molecule has 17 heavy (non-hydrogen) atoms. The van der Waals surface area contributed by atoms with Crippen LogP contribution in [0.1, 0.15) is 31.7 Å². The van der Waals surface area contributed by atoms with Crippen LogP contribution in [0, 0.1) is 17.6 Å². The fraction of sp³-hybridized carbons (Fsp3) is 0.571. The maximum atomic E-state index is 13.0. The summed E-state index contributed by atoms with van der Waals surface area (Å²) in [5.41, 5.74) is 0.879. The van der Waals surface area contributed by atoms with E-state index in [1.165, 1.54) is 25.0 Å². The van der Waals surface area contributed by atoms with Gasteiger partial charge in [-0.15, -0.1) is 0 Å². The fourth-order valence-corrected chi connectivity index (χ4v) is 2.48. The SMILES string of the molecule is CC1CCNC(CCc2ccc(F)c(F)c2)C1. The molecule has 0 aromatic heterocycles. The zero-order valence-corrected chi connectivity index (χ0v) is 10.2. The van der Waals surface area contributed by atoms with Crippen molar-refractivity contribution >= 4 is 0 Å². The van der Waals surface area contributed by atoms with Gasteiger partial charge in [-0.1, -0.05) is 13.0 Å². The Hall–Kier alpha value is -0.960. The first kappa shape index (κ1) is 12.5. The molecule has 1 saturated heterocycles. The van der Waals surface area contributed by atoms with E-state index < -0.39 is 11.6 Å². The summed E-state index contributed by atoms with van der Waals surface area (Å²) in [6.45, 7) is 3.34. The molecule has 0 aliphatic carbocycles. The van der Waals surface area contributed by atoms with Crippen LogP contribution in [-0.4, -0.2) is 12.6 Å². The Bertz CT molecular complexity index is 378. The van der Waals surface area contributed by atoms with E-state index in [-0.39, 0.29) is 0 Å². The molecule has 2 atom stereocenters. The van der Waals surface area contributed by atoms with Gasteiger partial charge in [-0.05, 0) is 55.8 Å². The minimum absolute atomic E-state index is 0.520. The van der Waals surface area contributed by atoms with E-state index in [0.29, 0.717) is 6.04 Å². The quantitative estimate of drug-likeness (QED) is 0.853. The molecule has 2 rings (SSSR count). The van der Waals surface area contributed by atoms with Gasteiger partial charge in [0.1, 0.15) is 0 Å². The highest BCUT2D eigenvalue weighted by Crippen LogP contribution is 2.19. The molecule has 1 aliphatic heterocycles. The van der Waals surface area contributed by atoms with Gasteiger partial charge in [0.05, 0.1) is 0 Å². The average Bonchev–Trinajstić information content (AvgIpc) is 2.31. The highest BCUT2D eigenvalue weighted by Gasteiger charge is 2.17. The highest BCUT2D eigenvalue weighted by atomic mass is 19.2. The highest BCUT2D eigenvalue weighted by molar-refractivity contribution is 5.18. The molecule has 1 heterocycles. The largest absolute Gasteiger partial charge is 0.314 e. The molecule has 2 unspecified atom stereocenters. The Kier molecular flexibility index (Phi) is 4.11. The molecule has 1 aromatic rings. The van der Waals surface area contributed by atoms with E-state index >= 15 is 0 Å². The molecule has 1 nitrogen and oxygen atoms in total. The number of nitrogens with one attached hydrogen (secondary N) is 1. The van der Waals surface area contributed by atoms with E-state index in [1.54, 1.807) is 6.07 Å². The summed E-state index contributed by atoms with van der Waals surface area (Å²) in [4.78, 5) is 0. The van der Waals surface area contributed by atoms with E-state index in [4.69, 9.17) is 0 Å². The van der Waals surface area contributed by atoms with Gasteiger partial charge in [0.2, 0.25) is 0 Å². The summed E-state index contributed by atoms with van der Waals surface area (Å²) in [5.74, 6) is -0.739. The average molecular weight is 239 g/mol. The van der Waals surface area contributed by atoms with Crippen LogP contribution < -0.4 is 5.32 Å². The second-order valence-electron chi connectivity index (χ2n) is 5.07. The second-order valence-corrected chi connectivity index (χ2v) is 5.07.